The van der Waals surface area contributed by atoms with Crippen LogP contribution < -0.4 is 15.4 Å². The van der Waals surface area contributed by atoms with Crippen molar-refractivity contribution in [3.63, 3.8) is 0 Å². The highest BCUT2D eigenvalue weighted by atomic mass is 35.5. The van der Waals surface area contributed by atoms with E-state index in [1.807, 2.05) is 12.1 Å². The molecule has 0 fully saturated rings. The zero-order valence-electron chi connectivity index (χ0n) is 20.0. The maximum absolute atomic E-state index is 13.1. The number of alkyl halides is 3. The highest BCUT2D eigenvalue weighted by molar-refractivity contribution is 6.30. The van der Waals surface area contributed by atoms with Crippen LogP contribution in [0, 0.1) is 0 Å². The molecule has 1 aliphatic rings. The fourth-order valence-electron chi connectivity index (χ4n) is 3.63. The van der Waals surface area contributed by atoms with Crippen molar-refractivity contribution in [2.75, 3.05) is 33.4 Å². The fourth-order valence-corrected chi connectivity index (χ4v) is 3.76. The number of nitrogens with one attached hydrogen (secondary N) is 2. The van der Waals surface area contributed by atoms with Crippen molar-refractivity contribution in [3.8, 4) is 5.75 Å². The van der Waals surface area contributed by atoms with Crippen LogP contribution in [-0.4, -0.2) is 73.9 Å². The largest absolute Gasteiger partial charge is 0.573 e. The summed E-state index contributed by atoms with van der Waals surface area (Å²) in [6.45, 7) is 0.642. The number of carbonyl (C=O) groups excluding carboxylic acids is 1. The van der Waals surface area contributed by atoms with E-state index in [0.29, 0.717) is 10.6 Å². The van der Waals surface area contributed by atoms with E-state index in [2.05, 4.69) is 20.4 Å². The summed E-state index contributed by atoms with van der Waals surface area (Å²) in [5, 5.41) is 15.2. The molecule has 13 heteroatoms. The number of aliphatic hydroxyl groups excluding tert-OH is 1. The first-order valence-electron chi connectivity index (χ1n) is 11.4. The number of nitrogens with zero attached hydrogens (tertiary/aromatic N) is 2. The molecule has 1 heterocycles. The van der Waals surface area contributed by atoms with Crippen LogP contribution in [0.3, 0.4) is 0 Å². The highest BCUT2D eigenvalue weighted by Gasteiger charge is 2.41. The molecule has 1 aliphatic heterocycles. The van der Waals surface area contributed by atoms with Crippen molar-refractivity contribution >= 4 is 23.5 Å². The maximum atomic E-state index is 13.1. The van der Waals surface area contributed by atoms with E-state index in [-0.39, 0.29) is 57.2 Å². The molecule has 0 aromatic heterocycles. The molecule has 0 spiro atoms. The van der Waals surface area contributed by atoms with E-state index in [1.54, 1.807) is 30.1 Å². The number of rotatable bonds is 12. The van der Waals surface area contributed by atoms with Gasteiger partial charge in [-0.05, 0) is 42.4 Å². The molecule has 1 amide bonds. The first kappa shape index (κ1) is 28.5. The number of halogens is 4. The van der Waals surface area contributed by atoms with Gasteiger partial charge in [0.15, 0.2) is 0 Å². The Morgan fingerprint density at radius 3 is 2.59 bits per heavy atom. The number of amides is 1. The van der Waals surface area contributed by atoms with Gasteiger partial charge in [-0.2, -0.15) is 0 Å². The van der Waals surface area contributed by atoms with Crippen molar-refractivity contribution in [2.24, 2.45) is 4.99 Å². The zero-order chi connectivity index (χ0) is 26.8. The first-order chi connectivity index (χ1) is 17.7. The number of ether oxygens (including phenoxy) is 3. The van der Waals surface area contributed by atoms with Crippen LogP contribution in [-0.2, 0) is 27.4 Å². The summed E-state index contributed by atoms with van der Waals surface area (Å²) < 4.78 is 52.8. The molecular weight excluding hydrogens is 517 g/mol. The molecule has 2 aromatic carbocycles. The van der Waals surface area contributed by atoms with E-state index in [0.717, 1.165) is 5.56 Å². The Balaban J connectivity index is 1.76. The third-order valence-electron chi connectivity index (χ3n) is 5.24. The van der Waals surface area contributed by atoms with Crippen molar-refractivity contribution in [3.05, 3.63) is 64.7 Å². The summed E-state index contributed by atoms with van der Waals surface area (Å²) in [6.07, 6.45) is -5.46. The molecule has 0 saturated heterocycles. The van der Waals surface area contributed by atoms with Crippen LogP contribution in [0.25, 0.3) is 0 Å². The number of aliphatic hydroxyl groups is 1. The molecule has 2 unspecified atom stereocenters. The quantitative estimate of drug-likeness (QED) is 0.353. The monoisotopic (exact) mass is 544 g/mol. The van der Waals surface area contributed by atoms with Crippen LogP contribution in [0.15, 0.2) is 53.5 Å². The van der Waals surface area contributed by atoms with E-state index in [9.17, 15) is 18.0 Å². The van der Waals surface area contributed by atoms with E-state index in [4.69, 9.17) is 26.2 Å². The zero-order valence-corrected chi connectivity index (χ0v) is 20.8. The molecule has 3 N–H and O–H groups in total. The van der Waals surface area contributed by atoms with E-state index in [1.165, 1.54) is 18.2 Å². The number of hydrogen-bond donors (Lipinski definition) is 3. The van der Waals surface area contributed by atoms with Gasteiger partial charge in [-0.25, -0.2) is 4.99 Å². The molecule has 0 radical (unpaired) electrons. The van der Waals surface area contributed by atoms with Gasteiger partial charge < -0.3 is 29.5 Å². The lowest BCUT2D eigenvalue weighted by atomic mass is 10.1. The van der Waals surface area contributed by atoms with Crippen molar-refractivity contribution in [2.45, 2.75) is 31.7 Å². The Hall–Kier alpha value is -3.06. The second-order valence-electron chi connectivity index (χ2n) is 7.96. The van der Waals surface area contributed by atoms with Gasteiger partial charge in [0.25, 0.3) is 6.02 Å². The summed E-state index contributed by atoms with van der Waals surface area (Å²) in [4.78, 5) is 19.3. The number of amidine groups is 1. The number of benzene rings is 2. The van der Waals surface area contributed by atoms with Crippen LogP contribution in [0.2, 0.25) is 5.02 Å². The lowest BCUT2D eigenvalue weighted by Gasteiger charge is -2.29. The van der Waals surface area contributed by atoms with Gasteiger partial charge in [0.1, 0.15) is 24.6 Å². The van der Waals surface area contributed by atoms with Crippen molar-refractivity contribution in [1.82, 2.24) is 15.5 Å². The van der Waals surface area contributed by atoms with Gasteiger partial charge >= 0.3 is 6.36 Å². The van der Waals surface area contributed by atoms with Gasteiger partial charge in [0, 0.05) is 18.1 Å². The standard InChI is InChI=1S/C24H28ClF3N4O5/c1-29-21-20(22(34)30-9-11-35-12-10-33)32(14-16-5-7-18(25)8-6-16)23(31-21)36-15-17-3-2-4-19(13-17)37-24(26,27)28/h2-8,13,20-21,29,33H,9-12,14-15H2,1H3,(H,30,34). The lowest BCUT2D eigenvalue weighted by Crippen LogP contribution is -2.53. The lowest BCUT2D eigenvalue weighted by molar-refractivity contribution is -0.274. The summed E-state index contributed by atoms with van der Waals surface area (Å²) in [6, 6.07) is 11.9. The predicted molar refractivity (Wildman–Crippen MR) is 130 cm³/mol. The van der Waals surface area contributed by atoms with Crippen LogP contribution in [0.1, 0.15) is 11.1 Å². The summed E-state index contributed by atoms with van der Waals surface area (Å²) >= 11 is 6.00. The van der Waals surface area contributed by atoms with Gasteiger partial charge in [-0.1, -0.05) is 35.9 Å². The number of hydrogen-bond acceptors (Lipinski definition) is 8. The first-order valence-corrected chi connectivity index (χ1v) is 11.8. The van der Waals surface area contributed by atoms with Gasteiger partial charge in [-0.15, -0.1) is 13.2 Å². The molecule has 0 saturated carbocycles. The molecule has 37 heavy (non-hydrogen) atoms. The van der Waals surface area contributed by atoms with E-state index >= 15 is 0 Å². The minimum absolute atomic E-state index is 0.106. The highest BCUT2D eigenvalue weighted by Crippen LogP contribution is 2.25. The minimum Gasteiger partial charge on any atom is -0.460 e. The summed E-state index contributed by atoms with van der Waals surface area (Å²) in [5.41, 5.74) is 1.26. The smallest absolute Gasteiger partial charge is 0.460 e. The number of likely N-dealkylation sites (N-methyl/N-ethyl adjacent to an activating group) is 1. The fraction of sp³-hybridized carbons (Fsp3) is 0.417. The molecule has 3 rings (SSSR count). The second kappa shape index (κ2) is 13.5. The number of carbonyl (C=O) groups is 1. The van der Waals surface area contributed by atoms with Crippen LogP contribution in [0.4, 0.5) is 13.2 Å². The molecular formula is C24H28ClF3N4O5. The Labute approximate surface area is 217 Å². The molecule has 202 valence electrons. The van der Waals surface area contributed by atoms with Gasteiger partial charge in [0.05, 0.1) is 19.8 Å². The topological polar surface area (TPSA) is 105 Å². The van der Waals surface area contributed by atoms with Crippen molar-refractivity contribution < 1.29 is 37.3 Å². The number of aliphatic imine (C=N–C) groups is 1. The molecule has 0 aliphatic carbocycles. The van der Waals surface area contributed by atoms with Crippen molar-refractivity contribution in [1.29, 1.82) is 0 Å². The third kappa shape index (κ3) is 8.78. The van der Waals surface area contributed by atoms with Gasteiger partial charge in [0.2, 0.25) is 5.91 Å². The minimum atomic E-state index is -4.81. The maximum Gasteiger partial charge on any atom is 0.573 e. The normalized spacial score (nSPS) is 17.5. The van der Waals surface area contributed by atoms with Gasteiger partial charge in [-0.3, -0.25) is 10.1 Å². The second-order valence-corrected chi connectivity index (χ2v) is 8.39. The molecule has 0 bridgehead atoms. The Morgan fingerprint density at radius 2 is 1.92 bits per heavy atom. The summed E-state index contributed by atoms with van der Waals surface area (Å²) in [5.74, 6) is -0.697. The average molecular weight is 545 g/mol. The van der Waals surface area contributed by atoms with Crippen LogP contribution in [0.5, 0.6) is 5.75 Å². The van der Waals surface area contributed by atoms with Crippen LogP contribution >= 0.6 is 11.6 Å². The molecule has 2 aromatic rings. The predicted octanol–water partition coefficient (Wildman–Crippen LogP) is 2.67. The Kier molecular flexibility index (Phi) is 10.4. The third-order valence-corrected chi connectivity index (χ3v) is 5.49. The molecule has 9 nitrogen and oxygen atoms in total. The van der Waals surface area contributed by atoms with E-state index < -0.39 is 18.6 Å². The SMILES string of the molecule is CNC1N=C(OCc2cccc(OC(F)(F)F)c2)N(Cc2ccc(Cl)cc2)C1C(=O)NCCOCCO. The average Bonchev–Trinajstić information content (AvgIpc) is 3.20. The Morgan fingerprint density at radius 1 is 1.16 bits per heavy atom. The molecule has 2 atom stereocenters. The Bertz CT molecular complexity index is 1060. The summed E-state index contributed by atoms with van der Waals surface area (Å²) in [7, 11) is 1.65.